The number of imidazole rings is 1. The number of aromatic nitrogens is 2. The Labute approximate surface area is 104 Å². The quantitative estimate of drug-likeness (QED) is 0.788. The van der Waals surface area contributed by atoms with Crippen LogP contribution in [0.4, 0.5) is 4.39 Å². The molecular formula is C12H14FN3S. The zero-order chi connectivity index (χ0) is 11.8. The van der Waals surface area contributed by atoms with E-state index in [2.05, 4.69) is 9.99 Å². The Kier molecular flexibility index (Phi) is 2.63. The van der Waals surface area contributed by atoms with Crippen molar-refractivity contribution in [3.63, 3.8) is 0 Å². The van der Waals surface area contributed by atoms with E-state index >= 15 is 0 Å². The fourth-order valence-corrected chi connectivity index (χ4v) is 2.75. The van der Waals surface area contributed by atoms with E-state index in [-0.39, 0.29) is 5.82 Å². The predicted molar refractivity (Wildman–Crippen MR) is 68.9 cm³/mol. The lowest BCUT2D eigenvalue weighted by Gasteiger charge is -2.29. The van der Waals surface area contributed by atoms with Gasteiger partial charge in [0.2, 0.25) is 0 Å². The number of rotatable bonds is 1. The lowest BCUT2D eigenvalue weighted by atomic mass is 10.2. The van der Waals surface area contributed by atoms with Crippen LogP contribution in [0, 0.1) is 10.6 Å². The Balaban J connectivity index is 2.16. The summed E-state index contributed by atoms with van der Waals surface area (Å²) in [7, 11) is 0. The van der Waals surface area contributed by atoms with Crippen molar-refractivity contribution in [3.8, 4) is 0 Å². The van der Waals surface area contributed by atoms with Crippen molar-refractivity contribution >= 4 is 23.3 Å². The van der Waals surface area contributed by atoms with Gasteiger partial charge in [0.25, 0.3) is 0 Å². The molecule has 2 heterocycles. The molecule has 1 aromatic carbocycles. The number of nitrogens with one attached hydrogen (secondary N) is 1. The molecule has 0 bridgehead atoms. The SMILES string of the molecule is Fc1ccc2[nH]c(=S)n(N3CCCCC3)c2c1. The third-order valence-corrected chi connectivity index (χ3v) is 3.51. The molecule has 3 rings (SSSR count). The Bertz CT molecular complexity index is 595. The smallest absolute Gasteiger partial charge is 0.197 e. The number of aromatic amines is 1. The number of hydrogen-bond acceptors (Lipinski definition) is 2. The average molecular weight is 251 g/mol. The molecule has 1 saturated heterocycles. The van der Waals surface area contributed by atoms with Gasteiger partial charge in [-0.1, -0.05) is 0 Å². The van der Waals surface area contributed by atoms with E-state index in [9.17, 15) is 4.39 Å². The van der Waals surface area contributed by atoms with Crippen LogP contribution in [0.15, 0.2) is 18.2 Å². The third kappa shape index (κ3) is 1.84. The number of benzene rings is 1. The number of H-pyrrole nitrogens is 1. The van der Waals surface area contributed by atoms with Gasteiger partial charge in [0.05, 0.1) is 11.0 Å². The molecule has 0 atom stereocenters. The van der Waals surface area contributed by atoms with Crippen LogP contribution in [0.5, 0.6) is 0 Å². The van der Waals surface area contributed by atoms with Crippen molar-refractivity contribution in [2.45, 2.75) is 19.3 Å². The summed E-state index contributed by atoms with van der Waals surface area (Å²) >= 11 is 5.32. The minimum absolute atomic E-state index is 0.225. The average Bonchev–Trinajstić information content (AvgIpc) is 2.65. The summed E-state index contributed by atoms with van der Waals surface area (Å²) in [6.07, 6.45) is 3.61. The summed E-state index contributed by atoms with van der Waals surface area (Å²) in [5, 5.41) is 2.20. The van der Waals surface area contributed by atoms with Gasteiger partial charge in [-0.2, -0.15) is 0 Å². The number of hydrogen-bond donors (Lipinski definition) is 1. The first-order chi connectivity index (χ1) is 8.25. The van der Waals surface area contributed by atoms with E-state index in [0.29, 0.717) is 4.77 Å². The van der Waals surface area contributed by atoms with Gasteiger partial charge in [-0.05, 0) is 43.6 Å². The molecule has 5 heteroatoms. The van der Waals surface area contributed by atoms with Crippen LogP contribution in [-0.2, 0) is 0 Å². The molecule has 0 radical (unpaired) electrons. The van der Waals surface area contributed by atoms with E-state index in [4.69, 9.17) is 12.2 Å². The van der Waals surface area contributed by atoms with Crippen LogP contribution in [0.2, 0.25) is 0 Å². The minimum atomic E-state index is -0.225. The maximum absolute atomic E-state index is 13.3. The van der Waals surface area contributed by atoms with Crippen molar-refractivity contribution in [1.29, 1.82) is 0 Å². The van der Waals surface area contributed by atoms with E-state index in [1.54, 1.807) is 6.07 Å². The lowest BCUT2D eigenvalue weighted by Crippen LogP contribution is -2.39. The van der Waals surface area contributed by atoms with E-state index in [0.717, 1.165) is 24.1 Å². The Morgan fingerprint density at radius 3 is 2.71 bits per heavy atom. The molecule has 0 spiro atoms. The Morgan fingerprint density at radius 1 is 1.18 bits per heavy atom. The molecule has 17 heavy (non-hydrogen) atoms. The highest BCUT2D eigenvalue weighted by atomic mass is 32.1. The first kappa shape index (κ1) is 10.8. The topological polar surface area (TPSA) is 24.0 Å². The normalized spacial score (nSPS) is 16.6. The molecule has 1 N–H and O–H groups in total. The van der Waals surface area contributed by atoms with Gasteiger partial charge in [0.1, 0.15) is 5.82 Å². The fourth-order valence-electron chi connectivity index (χ4n) is 2.42. The first-order valence-electron chi connectivity index (χ1n) is 5.91. The molecule has 0 aliphatic carbocycles. The molecule has 2 aromatic rings. The second kappa shape index (κ2) is 4.14. The molecule has 1 fully saturated rings. The van der Waals surface area contributed by atoms with Gasteiger partial charge in [0, 0.05) is 19.2 Å². The van der Waals surface area contributed by atoms with Gasteiger partial charge < -0.3 is 9.99 Å². The van der Waals surface area contributed by atoms with Crippen LogP contribution >= 0.6 is 12.2 Å². The number of fused-ring (bicyclic) bond motifs is 1. The highest BCUT2D eigenvalue weighted by Gasteiger charge is 2.14. The first-order valence-corrected chi connectivity index (χ1v) is 6.32. The monoisotopic (exact) mass is 251 g/mol. The summed E-state index contributed by atoms with van der Waals surface area (Å²) in [6, 6.07) is 4.73. The Hall–Kier alpha value is -1.36. The maximum atomic E-state index is 13.3. The molecular weight excluding hydrogens is 237 g/mol. The largest absolute Gasteiger partial charge is 0.329 e. The van der Waals surface area contributed by atoms with Crippen LogP contribution < -0.4 is 5.01 Å². The second-order valence-electron chi connectivity index (χ2n) is 4.42. The molecule has 0 saturated carbocycles. The summed E-state index contributed by atoms with van der Waals surface area (Å²) < 4.78 is 15.9. The van der Waals surface area contributed by atoms with Gasteiger partial charge in [-0.3, -0.25) is 0 Å². The van der Waals surface area contributed by atoms with Crippen molar-refractivity contribution in [2.24, 2.45) is 0 Å². The highest BCUT2D eigenvalue weighted by Crippen LogP contribution is 2.18. The van der Waals surface area contributed by atoms with E-state index in [1.807, 2.05) is 4.68 Å². The number of halogens is 1. The predicted octanol–water partition coefficient (Wildman–Crippen LogP) is 2.96. The summed E-state index contributed by atoms with van der Waals surface area (Å²) in [5.74, 6) is -0.225. The standard InChI is InChI=1S/C12H14FN3S/c13-9-4-5-10-11(8-9)16(12(17)14-10)15-6-2-1-3-7-15/h4-5,8H,1-3,6-7H2,(H,14,17). The molecule has 1 aliphatic heterocycles. The lowest BCUT2D eigenvalue weighted by molar-refractivity contribution is 0.482. The van der Waals surface area contributed by atoms with Gasteiger partial charge in [0.15, 0.2) is 4.77 Å². The zero-order valence-electron chi connectivity index (χ0n) is 9.45. The molecule has 0 amide bonds. The molecule has 1 aromatic heterocycles. The summed E-state index contributed by atoms with van der Waals surface area (Å²) in [5.41, 5.74) is 1.72. The Morgan fingerprint density at radius 2 is 1.94 bits per heavy atom. The number of nitrogens with zero attached hydrogens (tertiary/aromatic N) is 2. The maximum Gasteiger partial charge on any atom is 0.197 e. The van der Waals surface area contributed by atoms with Gasteiger partial charge in [-0.25, -0.2) is 9.07 Å². The third-order valence-electron chi connectivity index (χ3n) is 3.24. The molecule has 3 nitrogen and oxygen atoms in total. The van der Waals surface area contributed by atoms with Crippen molar-refractivity contribution in [1.82, 2.24) is 9.66 Å². The number of piperidine rings is 1. The van der Waals surface area contributed by atoms with Crippen molar-refractivity contribution in [3.05, 3.63) is 28.8 Å². The van der Waals surface area contributed by atoms with E-state index in [1.165, 1.54) is 31.4 Å². The van der Waals surface area contributed by atoms with Crippen LogP contribution in [0.25, 0.3) is 11.0 Å². The van der Waals surface area contributed by atoms with Gasteiger partial charge >= 0.3 is 0 Å². The van der Waals surface area contributed by atoms with E-state index < -0.39 is 0 Å². The van der Waals surface area contributed by atoms with Crippen LogP contribution in [0.1, 0.15) is 19.3 Å². The van der Waals surface area contributed by atoms with Crippen LogP contribution in [0.3, 0.4) is 0 Å². The summed E-state index contributed by atoms with van der Waals surface area (Å²) in [4.78, 5) is 3.12. The van der Waals surface area contributed by atoms with Crippen LogP contribution in [-0.4, -0.2) is 22.7 Å². The molecule has 90 valence electrons. The van der Waals surface area contributed by atoms with Gasteiger partial charge in [-0.15, -0.1) is 0 Å². The zero-order valence-corrected chi connectivity index (χ0v) is 10.3. The molecule has 0 unspecified atom stereocenters. The second-order valence-corrected chi connectivity index (χ2v) is 4.80. The summed E-state index contributed by atoms with van der Waals surface area (Å²) in [6.45, 7) is 1.97. The van der Waals surface area contributed by atoms with Crippen molar-refractivity contribution < 1.29 is 4.39 Å². The minimum Gasteiger partial charge on any atom is -0.329 e. The van der Waals surface area contributed by atoms with Crippen molar-refractivity contribution in [2.75, 3.05) is 18.1 Å². The highest BCUT2D eigenvalue weighted by molar-refractivity contribution is 7.71. The fraction of sp³-hybridized carbons (Fsp3) is 0.417. The molecule has 1 aliphatic rings.